The zero-order valence-electron chi connectivity index (χ0n) is 7.97. The van der Waals surface area contributed by atoms with Crippen molar-refractivity contribution < 1.29 is 0 Å². The molecule has 1 aromatic carbocycles. The van der Waals surface area contributed by atoms with E-state index in [1.165, 1.54) is 20.5 Å². The quantitative estimate of drug-likeness (QED) is 0.596. The van der Waals surface area contributed by atoms with Crippen molar-refractivity contribution in [3.8, 4) is 10.4 Å². The van der Waals surface area contributed by atoms with E-state index in [1.807, 2.05) is 30.6 Å². The van der Waals surface area contributed by atoms with Crippen LogP contribution in [0.5, 0.6) is 0 Å². The number of pyridine rings is 1. The highest BCUT2D eigenvalue weighted by atomic mass is 32.1. The Morgan fingerprint density at radius 3 is 2.60 bits per heavy atom. The molecule has 0 saturated carbocycles. The third-order valence-corrected chi connectivity index (χ3v) is 3.41. The molecular formula is C13H8NS. The minimum absolute atomic E-state index is 1.18. The van der Waals surface area contributed by atoms with Gasteiger partial charge in [-0.25, -0.2) is 0 Å². The number of hydrogen-bond donors (Lipinski definition) is 0. The largest absolute Gasteiger partial charge is 0.265 e. The van der Waals surface area contributed by atoms with Gasteiger partial charge in [-0.1, -0.05) is 18.2 Å². The van der Waals surface area contributed by atoms with E-state index in [9.17, 15) is 0 Å². The van der Waals surface area contributed by atoms with Gasteiger partial charge in [0.1, 0.15) is 0 Å². The third kappa shape index (κ3) is 1.53. The second-order valence-electron chi connectivity index (χ2n) is 3.29. The molecular weight excluding hydrogens is 202 g/mol. The van der Waals surface area contributed by atoms with E-state index < -0.39 is 0 Å². The van der Waals surface area contributed by atoms with Crippen LogP contribution in [0.2, 0.25) is 0 Å². The molecule has 0 aliphatic carbocycles. The van der Waals surface area contributed by atoms with E-state index in [2.05, 4.69) is 29.2 Å². The first-order valence-corrected chi connectivity index (χ1v) is 5.56. The fourth-order valence-corrected chi connectivity index (χ4v) is 2.56. The van der Waals surface area contributed by atoms with Crippen LogP contribution in [-0.4, -0.2) is 4.98 Å². The van der Waals surface area contributed by atoms with Gasteiger partial charge in [-0.2, -0.15) is 0 Å². The van der Waals surface area contributed by atoms with E-state index in [0.29, 0.717) is 0 Å². The first kappa shape index (κ1) is 8.62. The van der Waals surface area contributed by atoms with Crippen molar-refractivity contribution in [3.63, 3.8) is 0 Å². The summed E-state index contributed by atoms with van der Waals surface area (Å²) in [4.78, 5) is 5.19. The first-order valence-electron chi connectivity index (χ1n) is 4.75. The Bertz CT molecular complexity index is 551. The molecule has 1 radical (unpaired) electrons. The molecule has 0 amide bonds. The maximum Gasteiger partial charge on any atom is 0.0435 e. The van der Waals surface area contributed by atoms with Crippen molar-refractivity contribution in [1.82, 2.24) is 4.98 Å². The monoisotopic (exact) mass is 210 g/mol. The van der Waals surface area contributed by atoms with Gasteiger partial charge in [0, 0.05) is 33.4 Å². The molecule has 1 nitrogen and oxygen atoms in total. The summed E-state index contributed by atoms with van der Waals surface area (Å²) < 4.78 is 1.28. The summed E-state index contributed by atoms with van der Waals surface area (Å²) in [6.07, 6.45) is 3.63. The standard InChI is InChI=1S/C13H8NS/c1-2-4-12-11(3-1)9-13(15-12)10-5-7-14-8-6-10/h1-8H. The van der Waals surface area contributed by atoms with Crippen LogP contribution in [0.1, 0.15) is 0 Å². The lowest BCUT2D eigenvalue weighted by molar-refractivity contribution is 1.33. The highest BCUT2D eigenvalue weighted by Crippen LogP contribution is 2.31. The Kier molecular flexibility index (Phi) is 2.00. The van der Waals surface area contributed by atoms with Crippen molar-refractivity contribution >= 4 is 21.4 Å². The van der Waals surface area contributed by atoms with Crippen LogP contribution >= 0.6 is 11.3 Å². The van der Waals surface area contributed by atoms with Gasteiger partial charge in [0.05, 0.1) is 0 Å². The topological polar surface area (TPSA) is 12.9 Å². The van der Waals surface area contributed by atoms with Crippen molar-refractivity contribution in [3.05, 3.63) is 54.9 Å². The number of thiophene rings is 1. The second-order valence-corrected chi connectivity index (χ2v) is 4.34. The maximum atomic E-state index is 4.02. The lowest BCUT2D eigenvalue weighted by atomic mass is 10.2. The summed E-state index contributed by atoms with van der Waals surface area (Å²) >= 11 is 1.77. The first-order chi connectivity index (χ1) is 7.43. The van der Waals surface area contributed by atoms with E-state index in [4.69, 9.17) is 0 Å². The molecule has 0 spiro atoms. The van der Waals surface area contributed by atoms with Gasteiger partial charge in [0.25, 0.3) is 0 Å². The van der Waals surface area contributed by atoms with Crippen LogP contribution in [0.15, 0.2) is 48.8 Å². The predicted molar refractivity (Wildman–Crippen MR) is 63.9 cm³/mol. The molecule has 0 bridgehead atoms. The van der Waals surface area contributed by atoms with E-state index in [0.717, 1.165) is 0 Å². The zero-order chi connectivity index (χ0) is 10.1. The third-order valence-electron chi connectivity index (χ3n) is 2.29. The number of aromatic nitrogens is 1. The number of nitrogens with zero attached hydrogens (tertiary/aromatic N) is 1. The Hall–Kier alpha value is -1.67. The van der Waals surface area contributed by atoms with Crippen LogP contribution in [0, 0.1) is 6.07 Å². The maximum absolute atomic E-state index is 4.02. The molecule has 0 fully saturated rings. The molecule has 2 aromatic heterocycles. The lowest BCUT2D eigenvalue weighted by Crippen LogP contribution is -1.71. The van der Waals surface area contributed by atoms with Gasteiger partial charge >= 0.3 is 0 Å². The molecule has 0 aliphatic rings. The number of rotatable bonds is 1. The van der Waals surface area contributed by atoms with Crippen LogP contribution in [0.4, 0.5) is 0 Å². The average Bonchev–Trinajstić information content (AvgIpc) is 2.74. The summed E-state index contributed by atoms with van der Waals surface area (Å²) in [5.74, 6) is 0. The van der Waals surface area contributed by atoms with Gasteiger partial charge in [0.2, 0.25) is 0 Å². The molecule has 0 aliphatic heterocycles. The minimum atomic E-state index is 1.18. The summed E-state index contributed by atoms with van der Waals surface area (Å²) in [7, 11) is 0. The number of benzene rings is 1. The van der Waals surface area contributed by atoms with Gasteiger partial charge in [0.15, 0.2) is 0 Å². The molecule has 2 heteroatoms. The van der Waals surface area contributed by atoms with E-state index in [-0.39, 0.29) is 0 Å². The fraction of sp³-hybridized carbons (Fsp3) is 0. The van der Waals surface area contributed by atoms with Crippen LogP contribution in [0.25, 0.3) is 20.5 Å². The summed E-state index contributed by atoms with van der Waals surface area (Å²) in [5, 5.41) is 1.19. The number of hydrogen-bond acceptors (Lipinski definition) is 2. The molecule has 3 aromatic rings. The molecule has 0 N–H and O–H groups in total. The lowest BCUT2D eigenvalue weighted by Gasteiger charge is -1.92. The van der Waals surface area contributed by atoms with Crippen molar-refractivity contribution in [2.75, 3.05) is 0 Å². The van der Waals surface area contributed by atoms with Gasteiger partial charge < -0.3 is 0 Å². The Morgan fingerprint density at radius 2 is 1.80 bits per heavy atom. The zero-order valence-corrected chi connectivity index (χ0v) is 8.79. The van der Waals surface area contributed by atoms with Crippen molar-refractivity contribution in [2.45, 2.75) is 0 Å². The molecule has 15 heavy (non-hydrogen) atoms. The Morgan fingerprint density at radius 1 is 1.00 bits per heavy atom. The number of fused-ring (bicyclic) bond motifs is 1. The summed E-state index contributed by atoms with van der Waals surface area (Å²) in [6, 6.07) is 15.8. The van der Waals surface area contributed by atoms with E-state index in [1.54, 1.807) is 11.3 Å². The van der Waals surface area contributed by atoms with Crippen LogP contribution < -0.4 is 0 Å². The molecule has 0 saturated heterocycles. The van der Waals surface area contributed by atoms with Gasteiger partial charge in [-0.3, -0.25) is 4.98 Å². The van der Waals surface area contributed by atoms with Crippen LogP contribution in [0.3, 0.4) is 0 Å². The second kappa shape index (κ2) is 3.48. The normalized spacial score (nSPS) is 10.7. The van der Waals surface area contributed by atoms with Gasteiger partial charge in [-0.15, -0.1) is 11.3 Å². The molecule has 0 atom stereocenters. The fourth-order valence-electron chi connectivity index (χ4n) is 1.55. The van der Waals surface area contributed by atoms with E-state index >= 15 is 0 Å². The minimum Gasteiger partial charge on any atom is -0.265 e. The molecule has 0 unspecified atom stereocenters. The Balaban J connectivity index is 2.21. The van der Waals surface area contributed by atoms with Gasteiger partial charge in [-0.05, 0) is 23.8 Å². The van der Waals surface area contributed by atoms with Crippen molar-refractivity contribution in [1.29, 1.82) is 0 Å². The summed E-state index contributed by atoms with van der Waals surface area (Å²) in [6.45, 7) is 0. The smallest absolute Gasteiger partial charge is 0.0435 e. The van der Waals surface area contributed by atoms with Crippen LogP contribution in [-0.2, 0) is 0 Å². The Labute approximate surface area is 92.0 Å². The molecule has 71 valence electrons. The van der Waals surface area contributed by atoms with Crippen molar-refractivity contribution in [2.24, 2.45) is 0 Å². The average molecular weight is 210 g/mol. The molecule has 3 rings (SSSR count). The SMILES string of the molecule is [c]1c(-c2ccncc2)sc2ccccc12. The highest BCUT2D eigenvalue weighted by molar-refractivity contribution is 7.22. The highest BCUT2D eigenvalue weighted by Gasteiger charge is 2.03. The predicted octanol–water partition coefficient (Wildman–Crippen LogP) is 3.76. The molecule has 2 heterocycles. The summed E-state index contributed by atoms with van der Waals surface area (Å²) in [5.41, 5.74) is 1.19.